The second-order valence-corrected chi connectivity index (χ2v) is 4.09. The predicted octanol–water partition coefficient (Wildman–Crippen LogP) is -2.65. The van der Waals surface area contributed by atoms with Gasteiger partial charge in [-0.05, 0) is 12.1 Å². The Bertz CT molecular complexity index is 391. The molecule has 7 nitrogen and oxygen atoms in total. The van der Waals surface area contributed by atoms with Crippen LogP contribution in [-0.2, 0) is 16.1 Å². The molecular weight excluding hydrogens is 252 g/mol. The van der Waals surface area contributed by atoms with Crippen molar-refractivity contribution in [3.8, 4) is 0 Å². The van der Waals surface area contributed by atoms with Gasteiger partial charge < -0.3 is 30.1 Å². The molecule has 106 valence electrons. The molecule has 0 aromatic carbocycles. The zero-order valence-corrected chi connectivity index (χ0v) is 10.5. The predicted molar refractivity (Wildman–Crippen MR) is 62.5 cm³/mol. The number of nitrogens with two attached hydrogens (primary N) is 1. The molecule has 0 spiro atoms. The van der Waals surface area contributed by atoms with Crippen molar-refractivity contribution in [2.45, 2.75) is 25.4 Å². The number of aliphatic hydroxyl groups excluding tert-OH is 1. The number of aliphatic hydroxyl groups is 1. The van der Waals surface area contributed by atoms with Crippen LogP contribution >= 0.6 is 0 Å². The zero-order valence-electron chi connectivity index (χ0n) is 10.5. The Balaban J connectivity index is 2.32. The minimum Gasteiger partial charge on any atom is -0.544 e. The first-order valence-electron chi connectivity index (χ1n) is 6.07. The van der Waals surface area contributed by atoms with Gasteiger partial charge in [-0.2, -0.15) is 0 Å². The highest BCUT2D eigenvalue weighted by Crippen LogP contribution is 1.98. The van der Waals surface area contributed by atoms with Gasteiger partial charge in [0.25, 0.3) is 0 Å². The molecule has 7 heteroatoms. The fraction of sp³-hybridized carbons (Fsp3) is 0.500. The van der Waals surface area contributed by atoms with Gasteiger partial charge in [0.05, 0.1) is 31.7 Å². The van der Waals surface area contributed by atoms with Crippen LogP contribution in [0.5, 0.6) is 0 Å². The quantitative estimate of drug-likeness (QED) is 0.423. The minimum absolute atomic E-state index is 0.0129. The molecule has 0 aliphatic carbocycles. The number of hydrogen-bond donors (Lipinski definition) is 3. The third kappa shape index (κ3) is 6.03. The maximum Gasteiger partial charge on any atom is 0.226 e. The van der Waals surface area contributed by atoms with Gasteiger partial charge >= 0.3 is 0 Å². The number of rotatable bonds is 9. The summed E-state index contributed by atoms with van der Waals surface area (Å²) in [7, 11) is 0. The van der Waals surface area contributed by atoms with E-state index in [0.717, 1.165) is 0 Å². The molecule has 0 fully saturated rings. The Morgan fingerprint density at radius 1 is 1.53 bits per heavy atom. The van der Waals surface area contributed by atoms with Gasteiger partial charge in [-0.3, -0.25) is 4.79 Å². The molecule has 0 radical (unpaired) electrons. The molecular formula is C12H18N2O5. The van der Waals surface area contributed by atoms with Crippen LogP contribution in [0, 0.1) is 0 Å². The minimum atomic E-state index is -1.29. The summed E-state index contributed by atoms with van der Waals surface area (Å²) in [5.41, 5.74) is 0. The lowest BCUT2D eigenvalue weighted by Gasteiger charge is -2.15. The van der Waals surface area contributed by atoms with E-state index in [1.54, 1.807) is 12.1 Å². The molecule has 0 aliphatic rings. The molecule has 1 aromatic rings. The SMILES string of the molecule is O=C(C[C@H]([NH2+]CCCO)C(=O)[O-])NCc1ccco1. The smallest absolute Gasteiger partial charge is 0.226 e. The van der Waals surface area contributed by atoms with Crippen molar-refractivity contribution in [1.29, 1.82) is 0 Å². The number of hydrogen-bond acceptors (Lipinski definition) is 5. The van der Waals surface area contributed by atoms with Crippen molar-refractivity contribution in [2.24, 2.45) is 0 Å². The van der Waals surface area contributed by atoms with Crippen LogP contribution in [-0.4, -0.2) is 36.2 Å². The summed E-state index contributed by atoms with van der Waals surface area (Å²) in [6, 6.07) is 2.47. The molecule has 4 N–H and O–H groups in total. The molecule has 1 heterocycles. The summed E-state index contributed by atoms with van der Waals surface area (Å²) in [6.07, 6.45) is 1.79. The monoisotopic (exact) mass is 270 g/mol. The standard InChI is InChI=1S/C12H18N2O5/c15-5-2-4-13-10(12(17)18)7-11(16)14-8-9-3-1-6-19-9/h1,3,6,10,13,15H,2,4-5,7-8H2,(H,14,16)(H,17,18)/t10-/m0/s1. The van der Waals surface area contributed by atoms with Crippen LogP contribution in [0.15, 0.2) is 22.8 Å². The Labute approximate surface area is 110 Å². The number of amides is 1. The van der Waals surface area contributed by atoms with Crippen LogP contribution in [0.1, 0.15) is 18.6 Å². The molecule has 0 unspecified atom stereocenters. The molecule has 1 atom stereocenters. The van der Waals surface area contributed by atoms with Gasteiger partial charge in [0, 0.05) is 13.0 Å². The van der Waals surface area contributed by atoms with Crippen LogP contribution in [0.3, 0.4) is 0 Å². The van der Waals surface area contributed by atoms with E-state index in [1.807, 2.05) is 0 Å². The van der Waals surface area contributed by atoms with Gasteiger partial charge in [-0.25, -0.2) is 0 Å². The van der Waals surface area contributed by atoms with Crippen molar-refractivity contribution in [3.05, 3.63) is 24.2 Å². The van der Waals surface area contributed by atoms with Crippen LogP contribution < -0.4 is 15.7 Å². The summed E-state index contributed by atoms with van der Waals surface area (Å²) < 4.78 is 5.04. The number of carbonyl (C=O) groups is 2. The van der Waals surface area contributed by atoms with E-state index in [9.17, 15) is 14.7 Å². The van der Waals surface area contributed by atoms with E-state index < -0.39 is 12.0 Å². The lowest BCUT2D eigenvalue weighted by molar-refractivity contribution is -0.682. The van der Waals surface area contributed by atoms with Crippen LogP contribution in [0.4, 0.5) is 0 Å². The van der Waals surface area contributed by atoms with Crippen LogP contribution in [0.2, 0.25) is 0 Å². The van der Waals surface area contributed by atoms with Crippen molar-refractivity contribution in [1.82, 2.24) is 5.32 Å². The van der Waals surface area contributed by atoms with Crippen molar-refractivity contribution in [3.63, 3.8) is 0 Å². The maximum atomic E-state index is 11.6. The number of furan rings is 1. The number of quaternary nitrogens is 1. The summed E-state index contributed by atoms with van der Waals surface area (Å²) in [6.45, 7) is 0.643. The first-order chi connectivity index (χ1) is 9.13. The topological polar surface area (TPSA) is 119 Å². The van der Waals surface area contributed by atoms with E-state index in [4.69, 9.17) is 9.52 Å². The van der Waals surface area contributed by atoms with E-state index >= 15 is 0 Å². The Morgan fingerprint density at radius 2 is 2.32 bits per heavy atom. The highest BCUT2D eigenvalue weighted by molar-refractivity contribution is 5.82. The number of carboxylic acids is 1. The molecule has 1 aromatic heterocycles. The second kappa shape index (κ2) is 8.28. The van der Waals surface area contributed by atoms with Crippen molar-refractivity contribution >= 4 is 11.9 Å². The molecule has 1 amide bonds. The molecule has 0 aliphatic heterocycles. The Morgan fingerprint density at radius 3 is 2.89 bits per heavy atom. The highest BCUT2D eigenvalue weighted by Gasteiger charge is 2.17. The number of carboxylic acid groups (broad SMARTS) is 1. The Kier molecular flexibility index (Phi) is 6.62. The lowest BCUT2D eigenvalue weighted by Crippen LogP contribution is -2.93. The third-order valence-electron chi connectivity index (χ3n) is 2.56. The maximum absolute atomic E-state index is 11.6. The van der Waals surface area contributed by atoms with Crippen LogP contribution in [0.25, 0.3) is 0 Å². The van der Waals surface area contributed by atoms with Gasteiger partial charge in [-0.15, -0.1) is 0 Å². The van der Waals surface area contributed by atoms with Gasteiger partial charge in [-0.1, -0.05) is 0 Å². The average Bonchev–Trinajstić information content (AvgIpc) is 2.88. The molecule has 19 heavy (non-hydrogen) atoms. The largest absolute Gasteiger partial charge is 0.544 e. The summed E-state index contributed by atoms with van der Waals surface area (Å²) >= 11 is 0. The first-order valence-corrected chi connectivity index (χ1v) is 6.07. The molecule has 0 bridgehead atoms. The fourth-order valence-electron chi connectivity index (χ4n) is 1.54. The lowest BCUT2D eigenvalue weighted by atomic mass is 10.2. The van der Waals surface area contributed by atoms with E-state index in [2.05, 4.69) is 5.32 Å². The molecule has 1 rings (SSSR count). The second-order valence-electron chi connectivity index (χ2n) is 4.09. The highest BCUT2D eigenvalue weighted by atomic mass is 16.4. The fourth-order valence-corrected chi connectivity index (χ4v) is 1.54. The molecule has 0 saturated heterocycles. The molecule has 0 saturated carbocycles. The normalized spacial score (nSPS) is 12.1. The van der Waals surface area contributed by atoms with E-state index in [-0.39, 0.29) is 25.5 Å². The van der Waals surface area contributed by atoms with E-state index in [0.29, 0.717) is 18.7 Å². The third-order valence-corrected chi connectivity index (χ3v) is 2.56. The van der Waals surface area contributed by atoms with Gasteiger partial charge in [0.15, 0.2) is 0 Å². The number of carbonyl (C=O) groups excluding carboxylic acids is 2. The van der Waals surface area contributed by atoms with Crippen molar-refractivity contribution < 1.29 is 29.5 Å². The summed E-state index contributed by atoms with van der Waals surface area (Å²) in [5, 5.41) is 23.5. The average molecular weight is 270 g/mol. The van der Waals surface area contributed by atoms with Gasteiger partial charge in [0.1, 0.15) is 11.8 Å². The Hall–Kier alpha value is -1.86. The summed E-state index contributed by atoms with van der Waals surface area (Å²) in [5.74, 6) is -1.07. The summed E-state index contributed by atoms with van der Waals surface area (Å²) in [4.78, 5) is 22.4. The zero-order chi connectivity index (χ0) is 14.1. The van der Waals surface area contributed by atoms with E-state index in [1.165, 1.54) is 11.6 Å². The number of aliphatic carboxylic acids is 1. The number of nitrogens with one attached hydrogen (secondary N) is 1. The van der Waals surface area contributed by atoms with Gasteiger partial charge in [0.2, 0.25) is 5.91 Å². The first kappa shape index (κ1) is 15.2. The van der Waals surface area contributed by atoms with Crippen molar-refractivity contribution in [2.75, 3.05) is 13.2 Å².